The number of hydrogen-bond acceptors (Lipinski definition) is 3. The average molecular weight is 117 g/mol. The van der Waals surface area contributed by atoms with Crippen LogP contribution in [0.2, 0.25) is 0 Å². The van der Waals surface area contributed by atoms with Gasteiger partial charge < -0.3 is 15.2 Å². The molecule has 1 amide bonds. The number of ether oxygens (including phenoxy) is 2. The molecule has 1 fully saturated rings. The smallest absolute Gasteiger partial charge is 0.404 e. The molecule has 0 aromatic heterocycles. The summed E-state index contributed by atoms with van der Waals surface area (Å²) in [5.41, 5.74) is 4.69. The molecule has 0 aromatic rings. The molecule has 1 aliphatic rings. The fourth-order valence-corrected chi connectivity index (χ4v) is 0.446. The van der Waals surface area contributed by atoms with Crippen LogP contribution in [0.4, 0.5) is 4.79 Å². The summed E-state index contributed by atoms with van der Waals surface area (Å²) in [4.78, 5) is 9.95. The summed E-state index contributed by atoms with van der Waals surface area (Å²) in [6.07, 6.45) is -0.814. The Morgan fingerprint density at radius 1 is 1.75 bits per heavy atom. The van der Waals surface area contributed by atoms with E-state index in [2.05, 4.69) is 10.5 Å². The van der Waals surface area contributed by atoms with Gasteiger partial charge in [0, 0.05) is 0 Å². The second-order valence-corrected chi connectivity index (χ2v) is 1.60. The van der Waals surface area contributed by atoms with Crippen LogP contribution < -0.4 is 5.73 Å². The van der Waals surface area contributed by atoms with E-state index in [0.717, 1.165) is 0 Å². The van der Waals surface area contributed by atoms with Crippen molar-refractivity contribution in [2.45, 2.75) is 6.10 Å². The molecule has 0 aliphatic carbocycles. The maximum absolute atomic E-state index is 9.95. The van der Waals surface area contributed by atoms with Gasteiger partial charge in [-0.15, -0.1) is 0 Å². The van der Waals surface area contributed by atoms with Crippen molar-refractivity contribution in [2.24, 2.45) is 5.73 Å². The number of nitrogens with two attached hydrogens (primary N) is 1. The summed E-state index contributed by atoms with van der Waals surface area (Å²) in [5.74, 6) is 0. The van der Waals surface area contributed by atoms with Crippen molar-refractivity contribution in [1.82, 2.24) is 0 Å². The summed E-state index contributed by atoms with van der Waals surface area (Å²) in [5, 5.41) is 0. The minimum Gasteiger partial charge on any atom is -0.441 e. The third-order valence-electron chi connectivity index (χ3n) is 0.890. The molecule has 4 heteroatoms. The van der Waals surface area contributed by atoms with Gasteiger partial charge >= 0.3 is 6.09 Å². The van der Waals surface area contributed by atoms with Gasteiger partial charge in [-0.3, -0.25) is 0 Å². The summed E-state index contributed by atoms with van der Waals surface area (Å²) < 4.78 is 9.20. The lowest BCUT2D eigenvalue weighted by atomic mass is 10.3. The van der Waals surface area contributed by atoms with Crippen LogP contribution in [0.15, 0.2) is 0 Å². The van der Waals surface area contributed by atoms with Gasteiger partial charge in [0.25, 0.3) is 0 Å². The number of amides is 1. The number of hydrogen-bond donors (Lipinski definition) is 1. The fraction of sp³-hybridized carbons (Fsp3) is 0.750. The lowest BCUT2D eigenvalue weighted by Crippen LogP contribution is -2.39. The van der Waals surface area contributed by atoms with Crippen molar-refractivity contribution in [3.8, 4) is 0 Å². The average Bonchev–Trinajstić information content (AvgIpc) is 1.55. The maximum Gasteiger partial charge on any atom is 0.404 e. The Bertz CT molecular complexity index is 99.5. The van der Waals surface area contributed by atoms with E-state index < -0.39 is 6.09 Å². The minimum atomic E-state index is -0.724. The van der Waals surface area contributed by atoms with Crippen molar-refractivity contribution in [3.63, 3.8) is 0 Å². The molecular weight excluding hydrogens is 110 g/mol. The monoisotopic (exact) mass is 117 g/mol. The van der Waals surface area contributed by atoms with Gasteiger partial charge in [0.15, 0.2) is 6.10 Å². The lowest BCUT2D eigenvalue weighted by molar-refractivity contribution is -0.0961. The van der Waals surface area contributed by atoms with Gasteiger partial charge in [0.1, 0.15) is 0 Å². The molecule has 0 bridgehead atoms. The largest absolute Gasteiger partial charge is 0.441 e. The Balaban J connectivity index is 2.09. The van der Waals surface area contributed by atoms with Crippen LogP contribution in [0, 0.1) is 0 Å². The normalized spacial score (nSPS) is 19.5. The van der Waals surface area contributed by atoms with Crippen LogP contribution in [0.5, 0.6) is 0 Å². The minimum absolute atomic E-state index is 0.0903. The summed E-state index contributed by atoms with van der Waals surface area (Å²) in [6.45, 7) is 0.978. The van der Waals surface area contributed by atoms with Crippen molar-refractivity contribution >= 4 is 6.09 Å². The Hall–Kier alpha value is -0.770. The van der Waals surface area contributed by atoms with E-state index in [4.69, 9.17) is 4.74 Å². The van der Waals surface area contributed by atoms with Crippen molar-refractivity contribution in [2.75, 3.05) is 13.2 Å². The first kappa shape index (κ1) is 5.37. The molecule has 1 rings (SSSR count). The second-order valence-electron chi connectivity index (χ2n) is 1.60. The zero-order chi connectivity index (χ0) is 5.98. The third kappa shape index (κ3) is 1.10. The Labute approximate surface area is 46.6 Å². The van der Waals surface area contributed by atoms with E-state index in [1.165, 1.54) is 0 Å². The van der Waals surface area contributed by atoms with Crippen LogP contribution in [0.1, 0.15) is 0 Å². The molecule has 1 aliphatic heterocycles. The lowest BCUT2D eigenvalue weighted by Gasteiger charge is -2.24. The first-order chi connectivity index (χ1) is 3.79. The van der Waals surface area contributed by atoms with Crippen LogP contribution in [0.3, 0.4) is 0 Å². The van der Waals surface area contributed by atoms with Gasteiger partial charge in [0.05, 0.1) is 13.2 Å². The van der Waals surface area contributed by atoms with Gasteiger partial charge in [-0.1, -0.05) is 0 Å². The Morgan fingerprint density at radius 3 is 2.50 bits per heavy atom. The summed E-state index contributed by atoms with van der Waals surface area (Å²) in [7, 11) is 0. The molecule has 8 heavy (non-hydrogen) atoms. The van der Waals surface area contributed by atoms with Crippen molar-refractivity contribution in [1.29, 1.82) is 0 Å². The molecule has 4 nitrogen and oxygen atoms in total. The standard InChI is InChI=1S/C4H7NO3/c5-4(6)8-3-1-7-2-3/h3H,1-2H2,(H2,5,6). The van der Waals surface area contributed by atoms with Crippen molar-refractivity contribution < 1.29 is 14.3 Å². The summed E-state index contributed by atoms with van der Waals surface area (Å²) >= 11 is 0. The number of carbonyl (C=O) groups is 1. The van der Waals surface area contributed by atoms with Gasteiger partial charge in [-0.05, 0) is 0 Å². The Kier molecular flexibility index (Phi) is 1.34. The van der Waals surface area contributed by atoms with Crippen LogP contribution in [0.25, 0.3) is 0 Å². The second kappa shape index (κ2) is 2.00. The van der Waals surface area contributed by atoms with E-state index in [0.29, 0.717) is 13.2 Å². The van der Waals surface area contributed by atoms with Crippen molar-refractivity contribution in [3.05, 3.63) is 0 Å². The molecule has 46 valence electrons. The van der Waals surface area contributed by atoms with Crippen LogP contribution in [-0.2, 0) is 9.47 Å². The maximum atomic E-state index is 9.95. The molecule has 0 atom stereocenters. The molecule has 0 saturated carbocycles. The van der Waals surface area contributed by atoms with E-state index in [-0.39, 0.29) is 6.10 Å². The predicted octanol–water partition coefficient (Wildman–Crippen LogP) is -0.520. The van der Waals surface area contributed by atoms with Gasteiger partial charge in [-0.25, -0.2) is 4.79 Å². The highest BCUT2D eigenvalue weighted by Crippen LogP contribution is 2.03. The van der Waals surface area contributed by atoms with E-state index >= 15 is 0 Å². The number of rotatable bonds is 1. The van der Waals surface area contributed by atoms with E-state index in [1.54, 1.807) is 0 Å². The third-order valence-corrected chi connectivity index (χ3v) is 0.890. The molecule has 1 saturated heterocycles. The highest BCUT2D eigenvalue weighted by Gasteiger charge is 2.20. The highest BCUT2D eigenvalue weighted by molar-refractivity contribution is 5.64. The van der Waals surface area contributed by atoms with Crippen LogP contribution >= 0.6 is 0 Å². The van der Waals surface area contributed by atoms with Gasteiger partial charge in [-0.2, -0.15) is 0 Å². The SMILES string of the molecule is NC(=O)OC1COC1. The zero-order valence-electron chi connectivity index (χ0n) is 4.29. The first-order valence-electron chi connectivity index (χ1n) is 2.33. The fourth-order valence-electron chi connectivity index (χ4n) is 0.446. The van der Waals surface area contributed by atoms with E-state index in [9.17, 15) is 4.79 Å². The molecule has 0 radical (unpaired) electrons. The van der Waals surface area contributed by atoms with Crippen LogP contribution in [-0.4, -0.2) is 25.4 Å². The number of carbonyl (C=O) groups excluding carboxylic acids is 1. The molecule has 2 N–H and O–H groups in total. The molecule has 0 spiro atoms. The first-order valence-corrected chi connectivity index (χ1v) is 2.33. The van der Waals surface area contributed by atoms with E-state index in [1.807, 2.05) is 0 Å². The van der Waals surface area contributed by atoms with Gasteiger partial charge in [0.2, 0.25) is 0 Å². The number of primary amides is 1. The zero-order valence-corrected chi connectivity index (χ0v) is 4.29. The predicted molar refractivity (Wildman–Crippen MR) is 25.3 cm³/mol. The molecule has 0 unspecified atom stereocenters. The summed E-state index contributed by atoms with van der Waals surface area (Å²) in [6, 6.07) is 0. The highest BCUT2D eigenvalue weighted by atomic mass is 16.6. The molecule has 1 heterocycles. The Morgan fingerprint density at radius 2 is 2.38 bits per heavy atom. The molecule has 0 aromatic carbocycles. The topological polar surface area (TPSA) is 61.6 Å². The quantitative estimate of drug-likeness (QED) is 0.502. The molecular formula is C4H7NO3.